The molecule has 1 aliphatic heterocycles. The van der Waals surface area contributed by atoms with E-state index in [1.54, 1.807) is 0 Å². The summed E-state index contributed by atoms with van der Waals surface area (Å²) >= 11 is 0. The van der Waals surface area contributed by atoms with Crippen LogP contribution in [0.4, 0.5) is 0 Å². The minimum absolute atomic E-state index is 0. The average Bonchev–Trinajstić information content (AvgIpc) is 2.29. The Morgan fingerprint density at radius 1 is 1.08 bits per heavy atom. The summed E-state index contributed by atoms with van der Waals surface area (Å²) in [5.41, 5.74) is 0.662. The van der Waals surface area contributed by atoms with Crippen molar-refractivity contribution in [2.75, 3.05) is 7.05 Å². The van der Waals surface area contributed by atoms with Crippen molar-refractivity contribution in [2.24, 2.45) is 0 Å². The number of hydrogen-bond donors (Lipinski definition) is 0. The molecule has 1 rings (SSSR count). The van der Waals surface area contributed by atoms with Gasteiger partial charge in [-0.2, -0.15) is 0 Å². The lowest BCUT2D eigenvalue weighted by Gasteiger charge is -2.04. The maximum atomic E-state index is 11.2. The zero-order valence-electron chi connectivity index (χ0n) is 7.33. The lowest BCUT2D eigenvalue weighted by Crippen LogP contribution is -2.26. The van der Waals surface area contributed by atoms with Crippen LogP contribution in [0.5, 0.6) is 0 Å². The molecule has 0 bridgehead atoms. The number of amides is 2. The highest BCUT2D eigenvalue weighted by Gasteiger charge is 2.31. The second-order valence-electron chi connectivity index (χ2n) is 2.40. The molecule has 1 aliphatic rings. The molecule has 0 saturated carbocycles. The van der Waals surface area contributed by atoms with Crippen LogP contribution in [0.2, 0.25) is 0 Å². The molecule has 70 valence electrons. The fourth-order valence-corrected chi connectivity index (χ4v) is 1.08. The SMILES string of the molecule is C=CC1=C(C=C)C(=O)N(C)C1=O.O. The maximum absolute atomic E-state index is 11.2. The fourth-order valence-electron chi connectivity index (χ4n) is 1.08. The van der Waals surface area contributed by atoms with Crippen molar-refractivity contribution in [3.63, 3.8) is 0 Å². The molecule has 13 heavy (non-hydrogen) atoms. The summed E-state index contributed by atoms with van der Waals surface area (Å²) in [6.07, 6.45) is 2.75. The molecule has 2 amide bonds. The van der Waals surface area contributed by atoms with Crippen LogP contribution in [0.1, 0.15) is 0 Å². The molecule has 0 spiro atoms. The highest BCUT2D eigenvalue weighted by molar-refractivity contribution is 6.21. The number of imide groups is 1. The van der Waals surface area contributed by atoms with E-state index in [2.05, 4.69) is 13.2 Å². The molecular weight excluding hydrogens is 170 g/mol. The van der Waals surface area contributed by atoms with Gasteiger partial charge in [-0.05, 0) is 0 Å². The minimum atomic E-state index is -0.315. The van der Waals surface area contributed by atoms with Gasteiger partial charge in [-0.15, -0.1) is 0 Å². The van der Waals surface area contributed by atoms with E-state index in [0.717, 1.165) is 4.90 Å². The van der Waals surface area contributed by atoms with Gasteiger partial charge in [0.15, 0.2) is 0 Å². The lowest BCUT2D eigenvalue weighted by molar-refractivity contribution is -0.135. The Morgan fingerprint density at radius 2 is 1.38 bits per heavy atom. The lowest BCUT2D eigenvalue weighted by atomic mass is 10.1. The third-order valence-electron chi connectivity index (χ3n) is 1.77. The molecule has 0 aromatic heterocycles. The van der Waals surface area contributed by atoms with Gasteiger partial charge in [-0.1, -0.05) is 25.3 Å². The molecule has 0 aromatic carbocycles. The third-order valence-corrected chi connectivity index (χ3v) is 1.77. The standard InChI is InChI=1S/C9H9NO2.H2O/c1-4-6-7(5-2)9(12)10(3)8(6)11;/h4-5H,1-2H2,3H3;1H2. The van der Waals surface area contributed by atoms with E-state index in [9.17, 15) is 9.59 Å². The van der Waals surface area contributed by atoms with Crippen molar-refractivity contribution < 1.29 is 15.1 Å². The van der Waals surface area contributed by atoms with Crippen LogP contribution in [-0.2, 0) is 9.59 Å². The third kappa shape index (κ3) is 1.43. The minimum Gasteiger partial charge on any atom is -0.412 e. The molecule has 0 radical (unpaired) electrons. The van der Waals surface area contributed by atoms with Gasteiger partial charge >= 0.3 is 0 Å². The Hall–Kier alpha value is -1.68. The van der Waals surface area contributed by atoms with Crippen molar-refractivity contribution in [3.05, 3.63) is 36.5 Å². The van der Waals surface area contributed by atoms with Crippen molar-refractivity contribution in [2.45, 2.75) is 0 Å². The van der Waals surface area contributed by atoms with Crippen molar-refractivity contribution in [1.29, 1.82) is 0 Å². The molecule has 0 aliphatic carbocycles. The van der Waals surface area contributed by atoms with Crippen LogP contribution >= 0.6 is 0 Å². The first-order valence-corrected chi connectivity index (χ1v) is 3.45. The van der Waals surface area contributed by atoms with E-state index in [1.165, 1.54) is 19.2 Å². The largest absolute Gasteiger partial charge is 0.412 e. The summed E-state index contributed by atoms with van der Waals surface area (Å²) < 4.78 is 0. The van der Waals surface area contributed by atoms with Gasteiger partial charge < -0.3 is 5.48 Å². The van der Waals surface area contributed by atoms with Crippen LogP contribution in [0, 0.1) is 0 Å². The number of nitrogens with zero attached hydrogens (tertiary/aromatic N) is 1. The van der Waals surface area contributed by atoms with Gasteiger partial charge in [0.25, 0.3) is 11.8 Å². The quantitative estimate of drug-likeness (QED) is 0.555. The number of hydrogen-bond acceptors (Lipinski definition) is 2. The predicted molar refractivity (Wildman–Crippen MR) is 48.8 cm³/mol. The fraction of sp³-hybridized carbons (Fsp3) is 0.111. The summed E-state index contributed by atoms with van der Waals surface area (Å²) in [6, 6.07) is 0. The highest BCUT2D eigenvalue weighted by atomic mass is 16.2. The highest BCUT2D eigenvalue weighted by Crippen LogP contribution is 2.20. The molecule has 1 heterocycles. The van der Waals surface area contributed by atoms with Crippen LogP contribution in [0.15, 0.2) is 36.5 Å². The Labute approximate surface area is 76.1 Å². The first-order valence-electron chi connectivity index (χ1n) is 3.45. The molecule has 0 fully saturated rings. The van der Waals surface area contributed by atoms with E-state index in [4.69, 9.17) is 0 Å². The molecular formula is C9H11NO3. The molecule has 0 unspecified atom stereocenters. The van der Waals surface area contributed by atoms with Crippen LogP contribution < -0.4 is 0 Å². The molecule has 0 saturated heterocycles. The Bertz CT molecular complexity index is 285. The topological polar surface area (TPSA) is 68.9 Å². The van der Waals surface area contributed by atoms with Gasteiger partial charge in [0.05, 0.1) is 11.1 Å². The molecule has 2 N–H and O–H groups in total. The molecule has 0 atom stereocenters. The van der Waals surface area contributed by atoms with Gasteiger partial charge in [0.2, 0.25) is 0 Å². The van der Waals surface area contributed by atoms with Gasteiger partial charge in [0, 0.05) is 7.05 Å². The summed E-state index contributed by atoms with van der Waals surface area (Å²) in [5, 5.41) is 0. The summed E-state index contributed by atoms with van der Waals surface area (Å²) in [5.74, 6) is -0.630. The second kappa shape index (κ2) is 3.82. The van der Waals surface area contributed by atoms with Crippen molar-refractivity contribution in [1.82, 2.24) is 4.90 Å². The monoisotopic (exact) mass is 181 g/mol. The summed E-state index contributed by atoms with van der Waals surface area (Å²) in [4.78, 5) is 23.5. The van der Waals surface area contributed by atoms with Crippen molar-refractivity contribution >= 4 is 11.8 Å². The molecule has 4 nitrogen and oxygen atoms in total. The Kier molecular flexibility index (Phi) is 3.33. The second-order valence-corrected chi connectivity index (χ2v) is 2.40. The normalized spacial score (nSPS) is 15.9. The number of rotatable bonds is 2. The van der Waals surface area contributed by atoms with Crippen LogP contribution in [0.3, 0.4) is 0 Å². The van der Waals surface area contributed by atoms with Gasteiger partial charge in [0.1, 0.15) is 0 Å². The number of likely N-dealkylation sites (N-methyl/N-ethyl adjacent to an activating group) is 1. The van der Waals surface area contributed by atoms with Crippen LogP contribution in [-0.4, -0.2) is 29.2 Å². The van der Waals surface area contributed by atoms with E-state index in [0.29, 0.717) is 11.1 Å². The zero-order valence-corrected chi connectivity index (χ0v) is 7.33. The van der Waals surface area contributed by atoms with E-state index in [1.807, 2.05) is 0 Å². The first kappa shape index (κ1) is 11.3. The van der Waals surface area contributed by atoms with E-state index >= 15 is 0 Å². The summed E-state index contributed by atoms with van der Waals surface area (Å²) in [6.45, 7) is 6.91. The number of carbonyl (C=O) groups excluding carboxylic acids is 2. The first-order chi connectivity index (χ1) is 5.63. The molecule has 4 heteroatoms. The van der Waals surface area contributed by atoms with Crippen molar-refractivity contribution in [3.8, 4) is 0 Å². The van der Waals surface area contributed by atoms with E-state index in [-0.39, 0.29) is 17.3 Å². The number of carbonyl (C=O) groups is 2. The van der Waals surface area contributed by atoms with Gasteiger partial charge in [-0.25, -0.2) is 0 Å². The maximum Gasteiger partial charge on any atom is 0.261 e. The average molecular weight is 181 g/mol. The Morgan fingerprint density at radius 3 is 1.62 bits per heavy atom. The van der Waals surface area contributed by atoms with Gasteiger partial charge in [-0.3, -0.25) is 14.5 Å². The Balaban J connectivity index is 0.00000144. The predicted octanol–water partition coefficient (Wildman–Crippen LogP) is -0.171. The smallest absolute Gasteiger partial charge is 0.261 e. The molecule has 0 aromatic rings. The van der Waals surface area contributed by atoms with Crippen LogP contribution in [0.25, 0.3) is 0 Å². The summed E-state index contributed by atoms with van der Waals surface area (Å²) in [7, 11) is 1.44. The van der Waals surface area contributed by atoms with E-state index < -0.39 is 0 Å². The zero-order chi connectivity index (χ0) is 9.30.